The molecule has 0 aliphatic heterocycles. The van der Waals surface area contributed by atoms with Gasteiger partial charge in [0.05, 0.1) is 5.52 Å². The molecular formula is C18H25N3. The molecule has 3 N–H and O–H groups in total. The highest BCUT2D eigenvalue weighted by Crippen LogP contribution is 2.30. The van der Waals surface area contributed by atoms with Crippen molar-refractivity contribution in [3.05, 3.63) is 30.3 Å². The van der Waals surface area contributed by atoms with Crippen LogP contribution in [0.25, 0.3) is 10.9 Å². The number of anilines is 2. The van der Waals surface area contributed by atoms with Crippen LogP contribution in [-0.4, -0.2) is 11.5 Å². The Morgan fingerprint density at radius 1 is 1.14 bits per heavy atom. The summed E-state index contributed by atoms with van der Waals surface area (Å²) in [4.78, 5) is 4.64. The molecule has 1 aliphatic carbocycles. The van der Waals surface area contributed by atoms with E-state index in [0.717, 1.165) is 40.8 Å². The van der Waals surface area contributed by atoms with Crippen molar-refractivity contribution in [2.24, 2.45) is 11.8 Å². The highest BCUT2D eigenvalue weighted by atomic mass is 15.0. The van der Waals surface area contributed by atoms with E-state index >= 15 is 0 Å². The number of nitrogens with zero attached hydrogens (tertiary/aromatic N) is 1. The molecule has 0 radical (unpaired) electrons. The third-order valence-corrected chi connectivity index (χ3v) is 4.71. The molecule has 0 bridgehead atoms. The number of hydrogen-bond donors (Lipinski definition) is 2. The van der Waals surface area contributed by atoms with E-state index in [4.69, 9.17) is 5.73 Å². The fourth-order valence-electron chi connectivity index (χ4n) is 3.26. The number of pyridine rings is 1. The second-order valence-electron chi connectivity index (χ2n) is 6.49. The molecule has 21 heavy (non-hydrogen) atoms. The number of nitrogens with one attached hydrogen (secondary N) is 1. The molecule has 1 heterocycles. The predicted octanol–water partition coefficient (Wildman–Crippen LogP) is 4.45. The van der Waals surface area contributed by atoms with Gasteiger partial charge in [0.1, 0.15) is 5.82 Å². The van der Waals surface area contributed by atoms with Crippen molar-refractivity contribution in [3.8, 4) is 0 Å². The summed E-state index contributed by atoms with van der Waals surface area (Å²) in [5, 5.41) is 4.57. The van der Waals surface area contributed by atoms with Gasteiger partial charge in [-0.3, -0.25) is 0 Å². The van der Waals surface area contributed by atoms with Gasteiger partial charge in [0.2, 0.25) is 0 Å². The molecule has 3 heteroatoms. The molecule has 3 rings (SSSR count). The third kappa shape index (κ3) is 3.66. The zero-order valence-corrected chi connectivity index (χ0v) is 12.8. The molecule has 0 atom stereocenters. The van der Waals surface area contributed by atoms with Gasteiger partial charge < -0.3 is 11.1 Å². The fraction of sp³-hybridized carbons (Fsp3) is 0.500. The molecule has 1 aromatic heterocycles. The van der Waals surface area contributed by atoms with Crippen molar-refractivity contribution in [3.63, 3.8) is 0 Å². The normalized spacial score (nSPS) is 22.3. The van der Waals surface area contributed by atoms with E-state index in [0.29, 0.717) is 0 Å². The summed E-state index contributed by atoms with van der Waals surface area (Å²) in [6, 6.07) is 9.99. The average Bonchev–Trinajstić information content (AvgIpc) is 2.49. The predicted molar refractivity (Wildman–Crippen MR) is 90.4 cm³/mol. The van der Waals surface area contributed by atoms with E-state index < -0.39 is 0 Å². The zero-order chi connectivity index (χ0) is 14.7. The standard InChI is InChI=1S/C18H25N3/c1-13-2-4-14(5-3-13)10-11-20-18-9-6-15-12-16(19)7-8-17(15)21-18/h6-9,12-14H,2-5,10-11,19H2,1H3,(H,20,21). The van der Waals surface area contributed by atoms with Crippen LogP contribution in [0.1, 0.15) is 39.0 Å². The number of aromatic nitrogens is 1. The maximum absolute atomic E-state index is 5.79. The Balaban J connectivity index is 1.54. The molecule has 0 spiro atoms. The summed E-state index contributed by atoms with van der Waals surface area (Å²) < 4.78 is 0. The summed E-state index contributed by atoms with van der Waals surface area (Å²) in [6.45, 7) is 3.40. The van der Waals surface area contributed by atoms with Crippen molar-refractivity contribution in [2.75, 3.05) is 17.6 Å². The Labute approximate surface area is 127 Å². The van der Waals surface area contributed by atoms with Gasteiger partial charge in [-0.15, -0.1) is 0 Å². The van der Waals surface area contributed by atoms with Gasteiger partial charge in [-0.2, -0.15) is 0 Å². The largest absolute Gasteiger partial charge is 0.399 e. The fourth-order valence-corrected chi connectivity index (χ4v) is 3.26. The van der Waals surface area contributed by atoms with Crippen LogP contribution in [0.3, 0.4) is 0 Å². The Kier molecular flexibility index (Phi) is 4.28. The lowest BCUT2D eigenvalue weighted by Gasteiger charge is -2.26. The van der Waals surface area contributed by atoms with Gasteiger partial charge >= 0.3 is 0 Å². The average molecular weight is 283 g/mol. The van der Waals surface area contributed by atoms with Gasteiger partial charge in [0.25, 0.3) is 0 Å². The topological polar surface area (TPSA) is 50.9 Å². The summed E-state index contributed by atoms with van der Waals surface area (Å²) in [5.41, 5.74) is 7.58. The van der Waals surface area contributed by atoms with Gasteiger partial charge in [0, 0.05) is 17.6 Å². The van der Waals surface area contributed by atoms with Crippen molar-refractivity contribution in [1.29, 1.82) is 0 Å². The molecule has 112 valence electrons. The van der Waals surface area contributed by atoms with Crippen LogP contribution in [0.4, 0.5) is 11.5 Å². The number of nitrogens with two attached hydrogens (primary N) is 1. The van der Waals surface area contributed by atoms with Crippen LogP contribution in [0.15, 0.2) is 30.3 Å². The monoisotopic (exact) mass is 283 g/mol. The second kappa shape index (κ2) is 6.33. The van der Waals surface area contributed by atoms with Crippen molar-refractivity contribution >= 4 is 22.4 Å². The Morgan fingerprint density at radius 3 is 2.76 bits per heavy atom. The van der Waals surface area contributed by atoms with E-state index in [1.165, 1.54) is 32.1 Å². The molecule has 0 amide bonds. The van der Waals surface area contributed by atoms with Crippen LogP contribution in [-0.2, 0) is 0 Å². The first kappa shape index (κ1) is 14.2. The number of fused-ring (bicyclic) bond motifs is 1. The Morgan fingerprint density at radius 2 is 1.95 bits per heavy atom. The van der Waals surface area contributed by atoms with Crippen LogP contribution >= 0.6 is 0 Å². The van der Waals surface area contributed by atoms with Gasteiger partial charge in [0.15, 0.2) is 0 Å². The summed E-state index contributed by atoms with van der Waals surface area (Å²) in [7, 11) is 0. The third-order valence-electron chi connectivity index (χ3n) is 4.71. The minimum atomic E-state index is 0.788. The van der Waals surface area contributed by atoms with E-state index in [-0.39, 0.29) is 0 Å². The van der Waals surface area contributed by atoms with Crippen LogP contribution in [0.5, 0.6) is 0 Å². The number of nitrogen functional groups attached to an aromatic ring is 1. The molecule has 3 nitrogen and oxygen atoms in total. The molecule has 0 unspecified atom stereocenters. The minimum absolute atomic E-state index is 0.788. The molecular weight excluding hydrogens is 258 g/mol. The SMILES string of the molecule is CC1CCC(CCNc2ccc3cc(N)ccc3n2)CC1. The van der Waals surface area contributed by atoms with E-state index in [1.54, 1.807) is 0 Å². The molecule has 1 saturated carbocycles. The quantitative estimate of drug-likeness (QED) is 0.815. The van der Waals surface area contributed by atoms with Crippen LogP contribution < -0.4 is 11.1 Å². The van der Waals surface area contributed by atoms with E-state index in [9.17, 15) is 0 Å². The lowest BCUT2D eigenvalue weighted by atomic mass is 9.81. The van der Waals surface area contributed by atoms with Crippen molar-refractivity contribution in [1.82, 2.24) is 4.98 Å². The lowest BCUT2D eigenvalue weighted by Crippen LogP contribution is -2.16. The molecule has 2 aromatic rings. The summed E-state index contributed by atoms with van der Waals surface area (Å²) >= 11 is 0. The van der Waals surface area contributed by atoms with Crippen molar-refractivity contribution < 1.29 is 0 Å². The summed E-state index contributed by atoms with van der Waals surface area (Å²) in [6.07, 6.45) is 6.86. The van der Waals surface area contributed by atoms with Crippen LogP contribution in [0, 0.1) is 11.8 Å². The van der Waals surface area contributed by atoms with E-state index in [2.05, 4.69) is 23.3 Å². The Bertz CT molecular complexity index is 600. The molecule has 1 aromatic carbocycles. The second-order valence-corrected chi connectivity index (χ2v) is 6.49. The van der Waals surface area contributed by atoms with Gasteiger partial charge in [-0.05, 0) is 48.6 Å². The highest BCUT2D eigenvalue weighted by Gasteiger charge is 2.17. The van der Waals surface area contributed by atoms with E-state index in [1.807, 2.05) is 24.3 Å². The molecule has 1 aliphatic rings. The minimum Gasteiger partial charge on any atom is -0.399 e. The maximum atomic E-state index is 5.79. The van der Waals surface area contributed by atoms with Gasteiger partial charge in [-0.1, -0.05) is 32.6 Å². The lowest BCUT2D eigenvalue weighted by molar-refractivity contribution is 0.282. The molecule has 1 fully saturated rings. The van der Waals surface area contributed by atoms with Crippen LogP contribution in [0.2, 0.25) is 0 Å². The first-order valence-corrected chi connectivity index (χ1v) is 8.11. The summed E-state index contributed by atoms with van der Waals surface area (Å²) in [5.74, 6) is 2.80. The molecule has 0 saturated heterocycles. The maximum Gasteiger partial charge on any atom is 0.126 e. The van der Waals surface area contributed by atoms with Crippen molar-refractivity contribution in [2.45, 2.75) is 39.0 Å². The Hall–Kier alpha value is -1.77. The zero-order valence-electron chi connectivity index (χ0n) is 12.8. The first-order valence-electron chi connectivity index (χ1n) is 8.11. The number of benzene rings is 1. The number of hydrogen-bond acceptors (Lipinski definition) is 3. The van der Waals surface area contributed by atoms with Gasteiger partial charge in [-0.25, -0.2) is 4.98 Å². The number of rotatable bonds is 4. The highest BCUT2D eigenvalue weighted by molar-refractivity contribution is 5.83. The smallest absolute Gasteiger partial charge is 0.126 e. The first-order chi connectivity index (χ1) is 10.2.